The van der Waals surface area contributed by atoms with Crippen molar-refractivity contribution >= 4 is 27.4 Å². The molecule has 0 fully saturated rings. The van der Waals surface area contributed by atoms with Gasteiger partial charge in [0, 0.05) is 12.3 Å². The molecule has 0 aliphatic carbocycles. The standard InChI is InChI=1S/C23H21ClN4O5S/c1-14(2)15-9-10-19(25-13-15)34(29,30)28-23-20(33-17-7-4-6-16(12-17)31-3)21(24)26-22(27-23)18-8-5-11-32-18/h4-14H,1-3H3,(H,26,27,28). The number of rotatable bonds is 8. The minimum absolute atomic E-state index is 0.0776. The number of benzene rings is 1. The molecule has 0 spiro atoms. The average Bonchev–Trinajstić information content (AvgIpc) is 3.36. The fraction of sp³-hybridized carbons (Fsp3) is 0.174. The summed E-state index contributed by atoms with van der Waals surface area (Å²) < 4.78 is 45.1. The van der Waals surface area contributed by atoms with Crippen molar-refractivity contribution in [3.8, 4) is 28.8 Å². The van der Waals surface area contributed by atoms with Crippen LogP contribution in [0.2, 0.25) is 5.15 Å². The fourth-order valence-electron chi connectivity index (χ4n) is 2.95. The number of methoxy groups -OCH3 is 1. The monoisotopic (exact) mass is 500 g/mol. The number of hydrogen-bond donors (Lipinski definition) is 1. The molecular weight excluding hydrogens is 480 g/mol. The summed E-state index contributed by atoms with van der Waals surface area (Å²) in [4.78, 5) is 12.6. The number of anilines is 1. The lowest BCUT2D eigenvalue weighted by Gasteiger charge is -2.15. The van der Waals surface area contributed by atoms with Crippen molar-refractivity contribution in [2.45, 2.75) is 24.8 Å². The number of hydrogen-bond acceptors (Lipinski definition) is 8. The molecule has 0 atom stereocenters. The first-order valence-corrected chi connectivity index (χ1v) is 12.0. The first-order chi connectivity index (χ1) is 16.3. The van der Waals surface area contributed by atoms with E-state index < -0.39 is 10.0 Å². The minimum Gasteiger partial charge on any atom is -0.497 e. The largest absolute Gasteiger partial charge is 0.497 e. The molecule has 9 nitrogen and oxygen atoms in total. The van der Waals surface area contributed by atoms with Gasteiger partial charge in [0.1, 0.15) is 11.5 Å². The number of furan rings is 1. The normalized spacial score (nSPS) is 11.4. The van der Waals surface area contributed by atoms with Crippen LogP contribution in [0.1, 0.15) is 25.3 Å². The van der Waals surface area contributed by atoms with Gasteiger partial charge in [-0.15, -0.1) is 0 Å². The average molecular weight is 501 g/mol. The first-order valence-electron chi connectivity index (χ1n) is 10.2. The van der Waals surface area contributed by atoms with Crippen LogP contribution >= 0.6 is 11.6 Å². The van der Waals surface area contributed by atoms with Gasteiger partial charge in [-0.25, -0.2) is 15.0 Å². The van der Waals surface area contributed by atoms with Crippen molar-refractivity contribution in [1.82, 2.24) is 15.0 Å². The highest BCUT2D eigenvalue weighted by molar-refractivity contribution is 7.92. The van der Waals surface area contributed by atoms with Gasteiger partial charge < -0.3 is 13.9 Å². The summed E-state index contributed by atoms with van der Waals surface area (Å²) in [5, 5.41) is -0.302. The quantitative estimate of drug-likeness (QED) is 0.315. The minimum atomic E-state index is -4.13. The second-order valence-electron chi connectivity index (χ2n) is 7.46. The number of sulfonamides is 1. The molecule has 3 heterocycles. The van der Waals surface area contributed by atoms with Crippen molar-refractivity contribution < 1.29 is 22.3 Å². The van der Waals surface area contributed by atoms with Gasteiger partial charge in [0.2, 0.25) is 5.75 Å². The molecular formula is C23H21ClN4O5S. The van der Waals surface area contributed by atoms with Gasteiger partial charge in [0.25, 0.3) is 10.0 Å². The van der Waals surface area contributed by atoms with Crippen LogP contribution in [0.5, 0.6) is 17.2 Å². The predicted octanol–water partition coefficient (Wildman–Crippen LogP) is 5.51. The van der Waals surface area contributed by atoms with E-state index in [1.54, 1.807) is 42.5 Å². The Morgan fingerprint density at radius 1 is 1.06 bits per heavy atom. The highest BCUT2D eigenvalue weighted by Crippen LogP contribution is 2.38. The SMILES string of the molecule is COc1cccc(Oc2c(Cl)nc(-c3ccco3)nc2NS(=O)(=O)c2ccc(C(C)C)cn2)c1. The van der Waals surface area contributed by atoms with Gasteiger partial charge in [0.15, 0.2) is 27.6 Å². The van der Waals surface area contributed by atoms with E-state index in [4.69, 9.17) is 25.5 Å². The van der Waals surface area contributed by atoms with Crippen LogP contribution in [-0.2, 0) is 10.0 Å². The molecule has 0 aliphatic heterocycles. The maximum absolute atomic E-state index is 13.1. The molecule has 176 valence electrons. The second kappa shape index (κ2) is 9.70. The molecule has 0 bridgehead atoms. The van der Waals surface area contributed by atoms with Gasteiger partial charge in [-0.1, -0.05) is 37.6 Å². The molecule has 1 aromatic carbocycles. The Labute approximate surface area is 201 Å². The third-order valence-electron chi connectivity index (χ3n) is 4.76. The number of ether oxygens (including phenoxy) is 2. The van der Waals surface area contributed by atoms with Crippen molar-refractivity contribution in [2.75, 3.05) is 11.8 Å². The zero-order valence-electron chi connectivity index (χ0n) is 18.5. The summed E-state index contributed by atoms with van der Waals surface area (Å²) >= 11 is 6.41. The van der Waals surface area contributed by atoms with Crippen LogP contribution in [0.3, 0.4) is 0 Å². The summed E-state index contributed by atoms with van der Waals surface area (Å²) in [6, 6.07) is 13.1. The highest BCUT2D eigenvalue weighted by Gasteiger charge is 2.24. The molecule has 0 radical (unpaired) electrons. The van der Waals surface area contributed by atoms with Crippen LogP contribution < -0.4 is 14.2 Å². The zero-order chi connectivity index (χ0) is 24.3. The predicted molar refractivity (Wildman–Crippen MR) is 127 cm³/mol. The fourth-order valence-corrected chi connectivity index (χ4v) is 4.10. The molecule has 0 saturated heterocycles. The number of nitrogens with zero attached hydrogens (tertiary/aromatic N) is 3. The van der Waals surface area contributed by atoms with Crippen LogP contribution in [0.4, 0.5) is 5.82 Å². The molecule has 3 aromatic heterocycles. The maximum atomic E-state index is 13.1. The van der Waals surface area contributed by atoms with Crippen LogP contribution in [0, 0.1) is 0 Å². The summed E-state index contributed by atoms with van der Waals surface area (Å²) in [6.45, 7) is 3.98. The summed E-state index contributed by atoms with van der Waals surface area (Å²) in [7, 11) is -2.61. The van der Waals surface area contributed by atoms with E-state index in [0.717, 1.165) is 5.56 Å². The number of pyridine rings is 1. The lowest BCUT2D eigenvalue weighted by Crippen LogP contribution is -2.17. The van der Waals surface area contributed by atoms with Gasteiger partial charge >= 0.3 is 0 Å². The molecule has 0 aliphatic rings. The molecule has 0 saturated carbocycles. The van der Waals surface area contributed by atoms with Crippen molar-refractivity contribution in [3.63, 3.8) is 0 Å². The second-order valence-corrected chi connectivity index (χ2v) is 9.45. The molecule has 34 heavy (non-hydrogen) atoms. The Balaban J connectivity index is 1.76. The van der Waals surface area contributed by atoms with E-state index in [0.29, 0.717) is 17.3 Å². The Morgan fingerprint density at radius 3 is 2.50 bits per heavy atom. The first kappa shape index (κ1) is 23.5. The van der Waals surface area contributed by atoms with Gasteiger partial charge in [-0.3, -0.25) is 4.72 Å². The lowest BCUT2D eigenvalue weighted by molar-refractivity contribution is 0.409. The van der Waals surface area contributed by atoms with Crippen LogP contribution in [0.25, 0.3) is 11.6 Å². The number of nitrogens with one attached hydrogen (secondary N) is 1. The third kappa shape index (κ3) is 5.13. The Hall–Kier alpha value is -3.63. The number of aromatic nitrogens is 3. The van der Waals surface area contributed by atoms with Crippen molar-refractivity contribution in [2.24, 2.45) is 0 Å². The Kier molecular flexibility index (Phi) is 6.71. The van der Waals surface area contributed by atoms with Crippen LogP contribution in [-0.4, -0.2) is 30.5 Å². The third-order valence-corrected chi connectivity index (χ3v) is 6.27. The topological polar surface area (TPSA) is 116 Å². The summed E-state index contributed by atoms with van der Waals surface area (Å²) in [5.41, 5.74) is 0.909. The molecule has 4 aromatic rings. The molecule has 4 rings (SSSR count). The maximum Gasteiger partial charge on any atom is 0.280 e. The van der Waals surface area contributed by atoms with Gasteiger partial charge in [0.05, 0.1) is 13.4 Å². The summed E-state index contributed by atoms with van der Waals surface area (Å²) in [5.74, 6) is 1.20. The van der Waals surface area contributed by atoms with E-state index in [1.165, 1.54) is 25.6 Å². The smallest absolute Gasteiger partial charge is 0.280 e. The van der Waals surface area contributed by atoms with Gasteiger partial charge in [-0.05, 0) is 41.8 Å². The highest BCUT2D eigenvalue weighted by atomic mass is 35.5. The number of halogens is 1. The van der Waals surface area contributed by atoms with Crippen molar-refractivity contribution in [1.29, 1.82) is 0 Å². The van der Waals surface area contributed by atoms with E-state index in [9.17, 15) is 8.42 Å². The molecule has 0 unspecified atom stereocenters. The van der Waals surface area contributed by atoms with Crippen molar-refractivity contribution in [3.05, 3.63) is 71.7 Å². The molecule has 11 heteroatoms. The molecule has 0 amide bonds. The molecule has 1 N–H and O–H groups in total. The Bertz CT molecular complexity index is 1390. The van der Waals surface area contributed by atoms with E-state index >= 15 is 0 Å². The van der Waals surface area contributed by atoms with E-state index in [1.807, 2.05) is 13.8 Å². The van der Waals surface area contributed by atoms with E-state index in [2.05, 4.69) is 19.7 Å². The van der Waals surface area contributed by atoms with Gasteiger partial charge in [-0.2, -0.15) is 8.42 Å². The van der Waals surface area contributed by atoms with Crippen LogP contribution in [0.15, 0.2) is 70.4 Å². The summed E-state index contributed by atoms with van der Waals surface area (Å²) in [6.07, 6.45) is 2.96. The lowest BCUT2D eigenvalue weighted by atomic mass is 10.1. The Morgan fingerprint density at radius 2 is 1.85 bits per heavy atom. The van der Waals surface area contributed by atoms with E-state index in [-0.39, 0.29) is 33.5 Å². The zero-order valence-corrected chi connectivity index (χ0v) is 20.1.